The molecule has 0 saturated heterocycles. The van der Waals surface area contributed by atoms with Crippen molar-refractivity contribution in [3.63, 3.8) is 0 Å². The Labute approximate surface area is 98.4 Å². The van der Waals surface area contributed by atoms with Crippen LogP contribution >= 0.6 is 0 Å². The molecule has 0 amide bonds. The lowest BCUT2D eigenvalue weighted by atomic mass is 10.3. The number of sulfonamides is 1. The Morgan fingerprint density at radius 1 is 1.41 bits per heavy atom. The molecule has 0 heterocycles. The molecule has 0 saturated carbocycles. The molecule has 0 spiro atoms. The Balaban J connectivity index is 3.34. The molecule has 0 aliphatic heterocycles. The Hall–Kier alpha value is -1.67. The van der Waals surface area contributed by atoms with Gasteiger partial charge in [-0.25, -0.2) is 13.6 Å². The zero-order valence-corrected chi connectivity index (χ0v) is 10.1. The van der Waals surface area contributed by atoms with Crippen molar-refractivity contribution in [2.75, 3.05) is 0 Å². The molecule has 0 radical (unpaired) electrons. The van der Waals surface area contributed by atoms with Gasteiger partial charge in [-0.2, -0.15) is 0 Å². The summed E-state index contributed by atoms with van der Waals surface area (Å²) in [6.45, 7) is 3.35. The number of primary sulfonamides is 1. The molecule has 0 fully saturated rings. The van der Waals surface area contributed by atoms with Gasteiger partial charge in [-0.1, -0.05) is 0 Å². The average molecular weight is 260 g/mol. The monoisotopic (exact) mass is 260 g/mol. The minimum absolute atomic E-state index is 0.114. The number of rotatable bonds is 4. The van der Waals surface area contributed by atoms with Gasteiger partial charge in [-0.15, -0.1) is 0 Å². The lowest BCUT2D eigenvalue weighted by Crippen LogP contribution is -2.13. The van der Waals surface area contributed by atoms with E-state index in [1.165, 1.54) is 0 Å². The van der Waals surface area contributed by atoms with Gasteiger partial charge in [-0.05, 0) is 19.9 Å². The molecule has 1 aromatic carbocycles. The smallest absolute Gasteiger partial charge is 0.311 e. The Morgan fingerprint density at radius 2 is 2.00 bits per heavy atom. The van der Waals surface area contributed by atoms with Crippen LogP contribution in [-0.4, -0.2) is 19.4 Å². The fourth-order valence-corrected chi connectivity index (χ4v) is 1.70. The van der Waals surface area contributed by atoms with E-state index in [9.17, 15) is 18.5 Å². The predicted octanol–water partition coefficient (Wildman–Crippen LogP) is 1.03. The topological polar surface area (TPSA) is 113 Å². The van der Waals surface area contributed by atoms with Crippen molar-refractivity contribution in [2.45, 2.75) is 24.8 Å². The lowest BCUT2D eigenvalue weighted by molar-refractivity contribution is -0.386. The minimum atomic E-state index is -3.91. The van der Waals surface area contributed by atoms with Gasteiger partial charge in [0.2, 0.25) is 10.0 Å². The van der Waals surface area contributed by atoms with Crippen LogP contribution < -0.4 is 9.88 Å². The van der Waals surface area contributed by atoms with Crippen molar-refractivity contribution in [2.24, 2.45) is 5.14 Å². The summed E-state index contributed by atoms with van der Waals surface area (Å²) in [6, 6.07) is 3.17. The Bertz CT molecular complexity index is 538. The molecule has 0 atom stereocenters. The molecule has 2 N–H and O–H groups in total. The Kier molecular flexibility index (Phi) is 3.69. The summed E-state index contributed by atoms with van der Waals surface area (Å²) in [6.07, 6.45) is -0.315. The van der Waals surface area contributed by atoms with Gasteiger partial charge in [-0.3, -0.25) is 10.1 Å². The first kappa shape index (κ1) is 13.4. The van der Waals surface area contributed by atoms with E-state index in [1.807, 2.05) is 0 Å². The number of hydrogen-bond donors (Lipinski definition) is 1. The summed E-state index contributed by atoms with van der Waals surface area (Å²) >= 11 is 0. The number of nitrogens with zero attached hydrogens (tertiary/aromatic N) is 1. The van der Waals surface area contributed by atoms with Crippen molar-refractivity contribution in [1.29, 1.82) is 0 Å². The maximum absolute atomic E-state index is 11.1. The van der Waals surface area contributed by atoms with Gasteiger partial charge in [0.25, 0.3) is 0 Å². The summed E-state index contributed by atoms with van der Waals surface area (Å²) in [5, 5.41) is 15.6. The zero-order chi connectivity index (χ0) is 13.2. The van der Waals surface area contributed by atoms with E-state index in [0.29, 0.717) is 0 Å². The highest BCUT2D eigenvalue weighted by molar-refractivity contribution is 7.89. The third-order valence-corrected chi connectivity index (χ3v) is 2.73. The van der Waals surface area contributed by atoms with Crippen LogP contribution in [0.15, 0.2) is 23.1 Å². The normalized spacial score (nSPS) is 11.5. The largest absolute Gasteiger partial charge is 0.484 e. The second kappa shape index (κ2) is 4.68. The molecule has 0 bridgehead atoms. The lowest BCUT2D eigenvalue weighted by Gasteiger charge is -2.10. The molecule has 1 aromatic rings. The van der Waals surface area contributed by atoms with Crippen LogP contribution in [0.3, 0.4) is 0 Å². The van der Waals surface area contributed by atoms with Gasteiger partial charge in [0.1, 0.15) is 0 Å². The first-order valence-electron chi connectivity index (χ1n) is 4.69. The quantitative estimate of drug-likeness (QED) is 0.641. The van der Waals surface area contributed by atoms with E-state index in [1.54, 1.807) is 13.8 Å². The molecule has 0 aliphatic carbocycles. The molecule has 17 heavy (non-hydrogen) atoms. The molecule has 8 heteroatoms. The van der Waals surface area contributed by atoms with Crippen LogP contribution in [0.25, 0.3) is 0 Å². The van der Waals surface area contributed by atoms with E-state index in [0.717, 1.165) is 18.2 Å². The van der Waals surface area contributed by atoms with Crippen LogP contribution in [0, 0.1) is 10.1 Å². The summed E-state index contributed by atoms with van der Waals surface area (Å²) < 4.78 is 27.4. The summed E-state index contributed by atoms with van der Waals surface area (Å²) in [5.41, 5.74) is -0.300. The standard InChI is InChI=1S/C9H12N2O5S/c1-6(2)16-9-5-7(17(10,14)15)3-4-8(9)11(12)13/h3-6H,1-2H3,(H2,10,14,15). The number of nitro groups is 1. The van der Waals surface area contributed by atoms with Gasteiger partial charge >= 0.3 is 5.69 Å². The third kappa shape index (κ3) is 3.40. The number of nitro benzene ring substituents is 1. The molecule has 1 rings (SSSR count). The van der Waals surface area contributed by atoms with Crippen molar-refractivity contribution in [1.82, 2.24) is 0 Å². The second-order valence-corrected chi connectivity index (χ2v) is 5.16. The maximum atomic E-state index is 11.1. The molecule has 94 valence electrons. The third-order valence-electron chi connectivity index (χ3n) is 1.82. The number of ether oxygens (including phenoxy) is 1. The second-order valence-electron chi connectivity index (χ2n) is 3.60. The number of hydrogen-bond acceptors (Lipinski definition) is 5. The number of nitrogens with two attached hydrogens (primary N) is 1. The summed E-state index contributed by atoms with van der Waals surface area (Å²) in [5.74, 6) is -0.114. The van der Waals surface area contributed by atoms with E-state index in [2.05, 4.69) is 0 Å². The van der Waals surface area contributed by atoms with Crippen LogP contribution in [0.1, 0.15) is 13.8 Å². The number of benzene rings is 1. The van der Waals surface area contributed by atoms with Gasteiger partial charge in [0.15, 0.2) is 5.75 Å². The van der Waals surface area contributed by atoms with Gasteiger partial charge in [0.05, 0.1) is 15.9 Å². The first-order chi connectivity index (χ1) is 7.71. The van der Waals surface area contributed by atoms with Crippen molar-refractivity contribution < 1.29 is 18.1 Å². The van der Waals surface area contributed by atoms with Crippen LogP contribution in [0.4, 0.5) is 5.69 Å². The fraction of sp³-hybridized carbons (Fsp3) is 0.333. The zero-order valence-electron chi connectivity index (χ0n) is 9.28. The van der Waals surface area contributed by atoms with Gasteiger partial charge < -0.3 is 4.74 Å². The van der Waals surface area contributed by atoms with E-state index in [4.69, 9.17) is 9.88 Å². The van der Waals surface area contributed by atoms with Crippen LogP contribution in [-0.2, 0) is 10.0 Å². The van der Waals surface area contributed by atoms with Crippen molar-refractivity contribution in [3.05, 3.63) is 28.3 Å². The van der Waals surface area contributed by atoms with Crippen molar-refractivity contribution in [3.8, 4) is 5.75 Å². The van der Waals surface area contributed by atoms with Crippen LogP contribution in [0.2, 0.25) is 0 Å². The molecule has 0 aliphatic rings. The van der Waals surface area contributed by atoms with Crippen LogP contribution in [0.5, 0.6) is 5.75 Å². The first-order valence-corrected chi connectivity index (χ1v) is 6.24. The van der Waals surface area contributed by atoms with Crippen molar-refractivity contribution >= 4 is 15.7 Å². The molecular formula is C9H12N2O5S. The Morgan fingerprint density at radius 3 is 2.41 bits per heavy atom. The van der Waals surface area contributed by atoms with E-state index in [-0.39, 0.29) is 22.4 Å². The average Bonchev–Trinajstić information content (AvgIpc) is 2.14. The minimum Gasteiger partial charge on any atom is -0.484 e. The summed E-state index contributed by atoms with van der Waals surface area (Å²) in [7, 11) is -3.91. The summed E-state index contributed by atoms with van der Waals surface area (Å²) in [4.78, 5) is 9.84. The molecular weight excluding hydrogens is 248 g/mol. The van der Waals surface area contributed by atoms with Gasteiger partial charge in [0, 0.05) is 12.1 Å². The highest BCUT2D eigenvalue weighted by Gasteiger charge is 2.20. The molecule has 7 nitrogen and oxygen atoms in total. The highest BCUT2D eigenvalue weighted by Crippen LogP contribution is 2.30. The molecule has 0 aromatic heterocycles. The fourth-order valence-electron chi connectivity index (χ4n) is 1.17. The maximum Gasteiger partial charge on any atom is 0.311 e. The van der Waals surface area contributed by atoms with E-state index >= 15 is 0 Å². The predicted molar refractivity (Wildman–Crippen MR) is 60.2 cm³/mol. The van der Waals surface area contributed by atoms with E-state index < -0.39 is 14.9 Å². The highest BCUT2D eigenvalue weighted by atomic mass is 32.2. The SMILES string of the molecule is CC(C)Oc1cc(S(N)(=O)=O)ccc1[N+](=O)[O-]. The molecule has 0 unspecified atom stereocenters.